The zero-order chi connectivity index (χ0) is 23.3. The van der Waals surface area contributed by atoms with Gasteiger partial charge in [-0.2, -0.15) is 9.97 Å². The molecular formula is C24H32N6O3S. The molecule has 3 aliphatic rings. The van der Waals surface area contributed by atoms with Gasteiger partial charge in [-0.15, -0.1) is 0 Å². The van der Waals surface area contributed by atoms with Crippen LogP contribution in [0.25, 0.3) is 0 Å². The quantitative estimate of drug-likeness (QED) is 0.618. The van der Waals surface area contributed by atoms with Crippen molar-refractivity contribution in [3.63, 3.8) is 0 Å². The van der Waals surface area contributed by atoms with E-state index in [2.05, 4.69) is 33.4 Å². The average molecular weight is 485 g/mol. The average Bonchev–Trinajstić information content (AvgIpc) is 2.88. The lowest BCUT2D eigenvalue weighted by atomic mass is 10.0. The Morgan fingerprint density at radius 2 is 1.79 bits per heavy atom. The summed E-state index contributed by atoms with van der Waals surface area (Å²) in [6.45, 7) is 8.03. The standard InChI is InChI=1S/C24H32N6O3S/c1-17-4-2-3-7-30(17)22-15-21(29-8-10-31-11-9-29)26-23(27-22)28-24(34)25-16-18-5-6-19-20(14-18)33-13-12-32-19/h5-6,14-15,17H,2-4,7-13,16H2,1H3,(H2,25,26,27,28,34)/t17-/m1/s1. The molecule has 2 aromatic rings. The zero-order valence-electron chi connectivity index (χ0n) is 19.6. The molecule has 34 heavy (non-hydrogen) atoms. The second-order valence-electron chi connectivity index (χ2n) is 8.83. The van der Waals surface area contributed by atoms with Crippen molar-refractivity contribution in [1.29, 1.82) is 0 Å². The topological polar surface area (TPSA) is 84.0 Å². The maximum Gasteiger partial charge on any atom is 0.232 e. The van der Waals surface area contributed by atoms with Gasteiger partial charge in [0, 0.05) is 38.3 Å². The lowest BCUT2D eigenvalue weighted by Gasteiger charge is -2.35. The van der Waals surface area contributed by atoms with Gasteiger partial charge in [0.15, 0.2) is 16.6 Å². The van der Waals surface area contributed by atoms with Crippen LogP contribution in [0.1, 0.15) is 31.7 Å². The molecule has 1 aromatic heterocycles. The fourth-order valence-corrected chi connectivity index (χ4v) is 4.71. The number of piperidine rings is 1. The largest absolute Gasteiger partial charge is 0.486 e. The van der Waals surface area contributed by atoms with Crippen molar-refractivity contribution in [2.45, 2.75) is 38.8 Å². The fourth-order valence-electron chi connectivity index (χ4n) is 4.54. The predicted octanol–water partition coefficient (Wildman–Crippen LogP) is 2.95. The van der Waals surface area contributed by atoms with E-state index in [9.17, 15) is 0 Å². The van der Waals surface area contributed by atoms with Crippen LogP contribution < -0.4 is 29.9 Å². The van der Waals surface area contributed by atoms with Crippen LogP contribution in [0.5, 0.6) is 11.5 Å². The number of benzene rings is 1. The molecule has 2 N–H and O–H groups in total. The van der Waals surface area contributed by atoms with Crippen molar-refractivity contribution < 1.29 is 14.2 Å². The molecule has 10 heteroatoms. The van der Waals surface area contributed by atoms with E-state index in [-0.39, 0.29) is 0 Å². The van der Waals surface area contributed by atoms with E-state index in [1.807, 2.05) is 18.2 Å². The van der Waals surface area contributed by atoms with Crippen LogP contribution >= 0.6 is 12.2 Å². The number of thiocarbonyl (C=S) groups is 1. The number of aromatic nitrogens is 2. The number of nitrogens with zero attached hydrogens (tertiary/aromatic N) is 4. The molecule has 0 amide bonds. The van der Waals surface area contributed by atoms with Gasteiger partial charge in [-0.3, -0.25) is 0 Å². The van der Waals surface area contributed by atoms with Gasteiger partial charge >= 0.3 is 0 Å². The Bertz CT molecular complexity index is 1020. The minimum absolute atomic E-state index is 0.453. The maximum absolute atomic E-state index is 5.68. The number of hydrogen-bond donors (Lipinski definition) is 2. The molecule has 0 aliphatic carbocycles. The third-order valence-corrected chi connectivity index (χ3v) is 6.66. The molecule has 3 aliphatic heterocycles. The molecule has 0 bridgehead atoms. The van der Waals surface area contributed by atoms with Crippen molar-refractivity contribution in [3.8, 4) is 11.5 Å². The van der Waals surface area contributed by atoms with Crippen molar-refractivity contribution in [2.24, 2.45) is 0 Å². The van der Waals surface area contributed by atoms with Crippen molar-refractivity contribution in [3.05, 3.63) is 29.8 Å². The summed E-state index contributed by atoms with van der Waals surface area (Å²) in [6.07, 6.45) is 3.62. The highest BCUT2D eigenvalue weighted by atomic mass is 32.1. The second kappa shape index (κ2) is 10.6. The molecule has 1 aromatic carbocycles. The highest BCUT2D eigenvalue weighted by molar-refractivity contribution is 7.80. The molecule has 0 spiro atoms. The second-order valence-corrected chi connectivity index (χ2v) is 9.24. The summed E-state index contributed by atoms with van der Waals surface area (Å²) < 4.78 is 16.8. The van der Waals surface area contributed by atoms with E-state index < -0.39 is 0 Å². The summed E-state index contributed by atoms with van der Waals surface area (Å²) in [4.78, 5) is 14.3. The predicted molar refractivity (Wildman–Crippen MR) is 136 cm³/mol. The first-order valence-corrected chi connectivity index (χ1v) is 12.5. The first-order chi connectivity index (χ1) is 16.7. The number of anilines is 3. The highest BCUT2D eigenvalue weighted by Gasteiger charge is 2.23. The summed E-state index contributed by atoms with van der Waals surface area (Å²) >= 11 is 5.57. The number of morpholine rings is 1. The van der Waals surface area contributed by atoms with Gasteiger partial charge in [-0.25, -0.2) is 0 Å². The van der Waals surface area contributed by atoms with Crippen molar-refractivity contribution in [1.82, 2.24) is 15.3 Å². The molecule has 0 saturated carbocycles. The first kappa shape index (κ1) is 22.9. The SMILES string of the molecule is C[C@@H]1CCCCN1c1cc(N2CCOCC2)nc(NC(=S)NCc2ccc3c(c2)OCCO3)n1. The van der Waals surface area contributed by atoms with Gasteiger partial charge < -0.3 is 34.6 Å². The number of nitrogens with one attached hydrogen (secondary N) is 2. The zero-order valence-corrected chi connectivity index (χ0v) is 20.4. The van der Waals surface area contributed by atoms with Crippen LogP contribution in [-0.2, 0) is 11.3 Å². The molecule has 182 valence electrons. The van der Waals surface area contributed by atoms with E-state index in [1.54, 1.807) is 0 Å². The maximum atomic E-state index is 5.68. The third kappa shape index (κ3) is 5.44. The third-order valence-electron chi connectivity index (χ3n) is 6.42. The highest BCUT2D eigenvalue weighted by Crippen LogP contribution is 2.31. The van der Waals surface area contributed by atoms with Gasteiger partial charge in [0.05, 0.1) is 13.2 Å². The van der Waals surface area contributed by atoms with Crippen LogP contribution in [0.2, 0.25) is 0 Å². The number of ether oxygens (including phenoxy) is 3. The first-order valence-electron chi connectivity index (χ1n) is 12.1. The monoisotopic (exact) mass is 484 g/mol. The molecule has 2 saturated heterocycles. The van der Waals surface area contributed by atoms with Crippen LogP contribution in [0.15, 0.2) is 24.3 Å². The van der Waals surface area contributed by atoms with Crippen LogP contribution in [-0.4, -0.2) is 67.2 Å². The minimum Gasteiger partial charge on any atom is -0.486 e. The summed E-state index contributed by atoms with van der Waals surface area (Å²) in [7, 11) is 0. The lowest BCUT2D eigenvalue weighted by molar-refractivity contribution is 0.122. The Morgan fingerprint density at radius 3 is 2.62 bits per heavy atom. The van der Waals surface area contributed by atoms with E-state index >= 15 is 0 Å². The molecule has 0 unspecified atom stereocenters. The molecule has 4 heterocycles. The molecule has 2 fully saturated rings. The normalized spacial score (nSPS) is 20.1. The van der Waals surface area contributed by atoms with E-state index in [1.165, 1.54) is 19.3 Å². The van der Waals surface area contributed by atoms with Crippen molar-refractivity contribution in [2.75, 3.05) is 61.2 Å². The minimum atomic E-state index is 0.453. The number of rotatable bonds is 5. The van der Waals surface area contributed by atoms with Gasteiger partial charge in [0.1, 0.15) is 24.8 Å². The van der Waals surface area contributed by atoms with Gasteiger partial charge in [0.25, 0.3) is 0 Å². The lowest BCUT2D eigenvalue weighted by Crippen LogP contribution is -2.40. The number of fused-ring (bicyclic) bond motifs is 1. The van der Waals surface area contributed by atoms with Crippen LogP contribution in [0, 0.1) is 0 Å². The summed E-state index contributed by atoms with van der Waals surface area (Å²) in [5.74, 6) is 3.91. The van der Waals surface area contributed by atoms with Gasteiger partial charge in [-0.05, 0) is 56.1 Å². The molecule has 0 radical (unpaired) electrons. The van der Waals surface area contributed by atoms with Crippen LogP contribution in [0.4, 0.5) is 17.6 Å². The van der Waals surface area contributed by atoms with Gasteiger partial charge in [-0.1, -0.05) is 6.07 Å². The summed E-state index contributed by atoms with van der Waals surface area (Å²) in [5.41, 5.74) is 1.05. The Labute approximate surface area is 205 Å². The molecule has 9 nitrogen and oxygen atoms in total. The summed E-state index contributed by atoms with van der Waals surface area (Å²) in [6, 6.07) is 8.48. The van der Waals surface area contributed by atoms with Crippen LogP contribution in [0.3, 0.4) is 0 Å². The Morgan fingerprint density at radius 1 is 1.00 bits per heavy atom. The van der Waals surface area contributed by atoms with Crippen molar-refractivity contribution >= 4 is 34.9 Å². The summed E-state index contributed by atoms with van der Waals surface area (Å²) in [5, 5.41) is 6.94. The molecule has 1 atom stereocenters. The number of hydrogen-bond acceptors (Lipinski definition) is 8. The van der Waals surface area contributed by atoms with E-state index in [4.69, 9.17) is 36.4 Å². The molecule has 5 rings (SSSR count). The fraction of sp³-hybridized carbons (Fsp3) is 0.542. The van der Waals surface area contributed by atoms with E-state index in [0.29, 0.717) is 50.1 Å². The van der Waals surface area contributed by atoms with E-state index in [0.717, 1.165) is 48.3 Å². The Kier molecular flexibility index (Phi) is 7.15. The Hall–Kier alpha value is -2.85. The van der Waals surface area contributed by atoms with Gasteiger partial charge in [0.2, 0.25) is 5.95 Å². The Balaban J connectivity index is 1.29. The molecular weight excluding hydrogens is 452 g/mol. The smallest absolute Gasteiger partial charge is 0.232 e.